The maximum Gasteiger partial charge on any atom is 0.278 e. The molecule has 4 aromatic rings. The second kappa shape index (κ2) is 5.29. The van der Waals surface area contributed by atoms with Crippen LogP contribution in [-0.2, 0) is 0 Å². The Balaban J connectivity index is 1.80. The Hall–Kier alpha value is -3.06. The summed E-state index contributed by atoms with van der Waals surface area (Å²) in [5, 5.41) is 16.5. The zero-order chi connectivity index (χ0) is 15.8. The zero-order valence-corrected chi connectivity index (χ0v) is 12.6. The highest BCUT2D eigenvalue weighted by Crippen LogP contribution is 2.31. The second-order valence-corrected chi connectivity index (χ2v) is 5.86. The van der Waals surface area contributed by atoms with Crippen LogP contribution in [0.25, 0.3) is 26.8 Å². The standard InChI is InChI=1S/C16H10N4O2S/c21-20(22)14-9-5-4-8-12(14)13-10-19-16(17-13)23-15(18-19)11-6-2-1-3-7-11/h1-10H. The molecule has 0 saturated heterocycles. The minimum absolute atomic E-state index is 0.0431. The molecule has 2 aromatic carbocycles. The molecule has 6 nitrogen and oxygen atoms in total. The highest BCUT2D eigenvalue weighted by molar-refractivity contribution is 7.19. The lowest BCUT2D eigenvalue weighted by Crippen LogP contribution is -1.91. The molecule has 0 unspecified atom stereocenters. The SMILES string of the molecule is O=[N+]([O-])c1ccccc1-c1cn2nc(-c3ccccc3)sc2n1. The Morgan fingerprint density at radius 3 is 2.52 bits per heavy atom. The Labute approximate surface area is 134 Å². The Kier molecular flexibility index (Phi) is 3.13. The number of nitro groups is 1. The van der Waals surface area contributed by atoms with Gasteiger partial charge in [0.2, 0.25) is 4.96 Å². The molecular weight excluding hydrogens is 312 g/mol. The number of rotatable bonds is 3. The van der Waals surface area contributed by atoms with Crippen LogP contribution < -0.4 is 0 Å². The van der Waals surface area contributed by atoms with E-state index >= 15 is 0 Å². The minimum atomic E-state index is -0.397. The largest absolute Gasteiger partial charge is 0.278 e. The fourth-order valence-corrected chi connectivity index (χ4v) is 3.26. The first-order chi connectivity index (χ1) is 11.2. The lowest BCUT2D eigenvalue weighted by molar-refractivity contribution is -0.384. The molecule has 0 N–H and O–H groups in total. The molecule has 112 valence electrons. The van der Waals surface area contributed by atoms with Gasteiger partial charge in [-0.05, 0) is 6.07 Å². The van der Waals surface area contributed by atoms with Crippen molar-refractivity contribution >= 4 is 22.0 Å². The van der Waals surface area contributed by atoms with Gasteiger partial charge in [0.05, 0.1) is 22.4 Å². The van der Waals surface area contributed by atoms with Gasteiger partial charge in [-0.2, -0.15) is 5.10 Å². The van der Waals surface area contributed by atoms with Crippen LogP contribution in [0, 0.1) is 10.1 Å². The lowest BCUT2D eigenvalue weighted by Gasteiger charge is -1.98. The van der Waals surface area contributed by atoms with Crippen molar-refractivity contribution in [1.29, 1.82) is 0 Å². The smallest absolute Gasteiger partial charge is 0.258 e. The van der Waals surface area contributed by atoms with Crippen LogP contribution in [0.15, 0.2) is 60.8 Å². The Morgan fingerprint density at radius 1 is 1.04 bits per heavy atom. The summed E-state index contributed by atoms with van der Waals surface area (Å²) in [5.74, 6) is 0. The van der Waals surface area contributed by atoms with Gasteiger partial charge in [-0.1, -0.05) is 53.8 Å². The van der Waals surface area contributed by atoms with Crippen molar-refractivity contribution in [3.63, 3.8) is 0 Å². The zero-order valence-electron chi connectivity index (χ0n) is 11.8. The number of aromatic nitrogens is 3. The van der Waals surface area contributed by atoms with E-state index in [-0.39, 0.29) is 5.69 Å². The van der Waals surface area contributed by atoms with Crippen molar-refractivity contribution in [2.24, 2.45) is 0 Å². The summed E-state index contributed by atoms with van der Waals surface area (Å²) >= 11 is 1.45. The van der Waals surface area contributed by atoms with Gasteiger partial charge in [-0.15, -0.1) is 0 Å². The molecule has 0 aliphatic heterocycles. The van der Waals surface area contributed by atoms with E-state index in [4.69, 9.17) is 0 Å². The van der Waals surface area contributed by atoms with E-state index in [9.17, 15) is 10.1 Å². The van der Waals surface area contributed by atoms with Crippen LogP contribution in [0.4, 0.5) is 5.69 Å². The number of hydrogen-bond acceptors (Lipinski definition) is 5. The minimum Gasteiger partial charge on any atom is -0.258 e. The quantitative estimate of drug-likeness (QED) is 0.421. The molecule has 2 heterocycles. The number of hydrogen-bond donors (Lipinski definition) is 0. The average Bonchev–Trinajstić information content (AvgIpc) is 3.14. The number of para-hydroxylation sites is 1. The third-order valence-electron chi connectivity index (χ3n) is 3.44. The monoisotopic (exact) mass is 322 g/mol. The van der Waals surface area contributed by atoms with Crippen molar-refractivity contribution in [1.82, 2.24) is 14.6 Å². The highest BCUT2D eigenvalue weighted by atomic mass is 32.1. The summed E-state index contributed by atoms with van der Waals surface area (Å²) in [6, 6.07) is 16.4. The molecule has 0 amide bonds. The van der Waals surface area contributed by atoms with Crippen molar-refractivity contribution in [3.05, 3.63) is 70.9 Å². The average molecular weight is 322 g/mol. The molecule has 0 aliphatic rings. The van der Waals surface area contributed by atoms with E-state index in [1.165, 1.54) is 17.4 Å². The summed E-state index contributed by atoms with van der Waals surface area (Å²) in [6.45, 7) is 0. The van der Waals surface area contributed by atoms with Gasteiger partial charge >= 0.3 is 0 Å². The van der Waals surface area contributed by atoms with Gasteiger partial charge in [0.15, 0.2) is 0 Å². The Bertz CT molecular complexity index is 976. The van der Waals surface area contributed by atoms with E-state index < -0.39 is 4.92 Å². The molecule has 4 rings (SSSR count). The predicted molar refractivity (Wildman–Crippen MR) is 88.4 cm³/mol. The number of imidazole rings is 1. The molecule has 0 spiro atoms. The molecule has 0 fully saturated rings. The number of nitrogens with zero attached hydrogens (tertiary/aromatic N) is 4. The topological polar surface area (TPSA) is 73.3 Å². The fraction of sp³-hybridized carbons (Fsp3) is 0. The first-order valence-corrected chi connectivity index (χ1v) is 7.69. The van der Waals surface area contributed by atoms with Crippen LogP contribution in [-0.4, -0.2) is 19.5 Å². The van der Waals surface area contributed by atoms with Gasteiger partial charge < -0.3 is 0 Å². The van der Waals surface area contributed by atoms with Crippen molar-refractivity contribution in [2.45, 2.75) is 0 Å². The lowest BCUT2D eigenvalue weighted by atomic mass is 10.1. The first-order valence-electron chi connectivity index (χ1n) is 6.88. The summed E-state index contributed by atoms with van der Waals surface area (Å²) in [5.41, 5.74) is 2.11. The summed E-state index contributed by atoms with van der Waals surface area (Å²) in [7, 11) is 0. The molecule has 0 aliphatic carbocycles. The summed E-state index contributed by atoms with van der Waals surface area (Å²) in [6.07, 6.45) is 1.72. The molecule has 0 atom stereocenters. The van der Waals surface area contributed by atoms with E-state index in [0.29, 0.717) is 16.2 Å². The molecule has 0 radical (unpaired) electrons. The normalized spacial score (nSPS) is 11.0. The van der Waals surface area contributed by atoms with E-state index in [1.54, 1.807) is 28.9 Å². The molecule has 2 aromatic heterocycles. The highest BCUT2D eigenvalue weighted by Gasteiger charge is 2.18. The number of nitro benzene ring substituents is 1. The van der Waals surface area contributed by atoms with Gasteiger partial charge in [-0.3, -0.25) is 10.1 Å². The Morgan fingerprint density at radius 2 is 1.78 bits per heavy atom. The maximum absolute atomic E-state index is 11.1. The van der Waals surface area contributed by atoms with Gasteiger partial charge in [-0.25, -0.2) is 9.50 Å². The van der Waals surface area contributed by atoms with E-state index in [0.717, 1.165) is 10.6 Å². The van der Waals surface area contributed by atoms with Crippen LogP contribution in [0.3, 0.4) is 0 Å². The number of benzene rings is 2. The summed E-state index contributed by atoms with van der Waals surface area (Å²) < 4.78 is 1.67. The van der Waals surface area contributed by atoms with Crippen molar-refractivity contribution in [2.75, 3.05) is 0 Å². The summed E-state index contributed by atoms with van der Waals surface area (Å²) in [4.78, 5) is 15.9. The molecule has 7 heteroatoms. The molecule has 0 saturated carbocycles. The van der Waals surface area contributed by atoms with Gasteiger partial charge in [0, 0.05) is 11.6 Å². The van der Waals surface area contributed by atoms with Gasteiger partial charge in [0.25, 0.3) is 5.69 Å². The fourth-order valence-electron chi connectivity index (χ4n) is 2.38. The maximum atomic E-state index is 11.1. The molecular formula is C16H10N4O2S. The number of fused-ring (bicyclic) bond motifs is 1. The van der Waals surface area contributed by atoms with Crippen LogP contribution >= 0.6 is 11.3 Å². The van der Waals surface area contributed by atoms with Crippen molar-refractivity contribution < 1.29 is 4.92 Å². The third-order valence-corrected chi connectivity index (χ3v) is 4.41. The molecule has 0 bridgehead atoms. The van der Waals surface area contributed by atoms with Crippen molar-refractivity contribution in [3.8, 4) is 21.8 Å². The first kappa shape index (κ1) is 13.6. The van der Waals surface area contributed by atoms with Gasteiger partial charge in [0.1, 0.15) is 5.01 Å². The van der Waals surface area contributed by atoms with Crippen LogP contribution in [0.1, 0.15) is 0 Å². The van der Waals surface area contributed by atoms with Crippen LogP contribution in [0.2, 0.25) is 0 Å². The molecule has 23 heavy (non-hydrogen) atoms. The van der Waals surface area contributed by atoms with E-state index in [2.05, 4.69) is 10.1 Å². The van der Waals surface area contributed by atoms with Crippen LogP contribution in [0.5, 0.6) is 0 Å². The third kappa shape index (κ3) is 2.36. The van der Waals surface area contributed by atoms with E-state index in [1.807, 2.05) is 30.3 Å². The second-order valence-electron chi connectivity index (χ2n) is 4.90. The predicted octanol–water partition coefficient (Wildman–Crippen LogP) is 4.03.